The lowest BCUT2D eigenvalue weighted by Crippen LogP contribution is -2.30. The van der Waals surface area contributed by atoms with Crippen LogP contribution in [0.5, 0.6) is 11.5 Å². The molecule has 0 aliphatic carbocycles. The first-order valence-electron chi connectivity index (χ1n) is 11.0. The maximum Gasteiger partial charge on any atom is 0.251 e. The number of ether oxygens (including phenoxy) is 2. The number of hydrogen-bond donors (Lipinski definition) is 1. The fourth-order valence-electron chi connectivity index (χ4n) is 3.88. The monoisotopic (exact) mass is 489 g/mol. The van der Waals surface area contributed by atoms with Crippen LogP contribution in [-0.2, 0) is 0 Å². The SMILES string of the molecule is COc1ccc(C(=O)NCC(=O)c2ccc(N(C)C)c(-c3csc4c(C)cccc34)n2)cc1OC. The van der Waals surface area contributed by atoms with Gasteiger partial charge in [0.1, 0.15) is 5.69 Å². The van der Waals surface area contributed by atoms with E-state index in [1.807, 2.05) is 31.1 Å². The second-order valence-corrected chi connectivity index (χ2v) is 9.11. The minimum atomic E-state index is -0.385. The van der Waals surface area contributed by atoms with Gasteiger partial charge in [-0.15, -0.1) is 11.3 Å². The number of carbonyl (C=O) groups excluding carboxylic acids is 2. The summed E-state index contributed by atoms with van der Waals surface area (Å²) in [6.45, 7) is 1.91. The number of amides is 1. The number of fused-ring (bicyclic) bond motifs is 1. The molecule has 1 N–H and O–H groups in total. The molecule has 0 spiro atoms. The molecule has 2 aromatic heterocycles. The normalized spacial score (nSPS) is 10.8. The Morgan fingerprint density at radius 3 is 2.51 bits per heavy atom. The average molecular weight is 490 g/mol. The number of pyridine rings is 1. The van der Waals surface area contributed by atoms with Crippen LogP contribution in [0, 0.1) is 6.92 Å². The quantitative estimate of drug-likeness (QED) is 0.352. The zero-order chi connectivity index (χ0) is 25.1. The summed E-state index contributed by atoms with van der Waals surface area (Å²) in [6.07, 6.45) is 0. The van der Waals surface area contributed by atoms with E-state index < -0.39 is 0 Å². The van der Waals surface area contributed by atoms with E-state index in [-0.39, 0.29) is 18.2 Å². The highest BCUT2D eigenvalue weighted by atomic mass is 32.1. The number of hydrogen-bond acceptors (Lipinski definition) is 7. The molecule has 0 unspecified atom stereocenters. The number of thiophene rings is 1. The Bertz CT molecular complexity index is 1410. The molecule has 0 radical (unpaired) electrons. The van der Waals surface area contributed by atoms with Gasteiger partial charge in [0.2, 0.25) is 0 Å². The second kappa shape index (κ2) is 10.1. The number of nitrogens with one attached hydrogen (secondary N) is 1. The van der Waals surface area contributed by atoms with Gasteiger partial charge in [-0.3, -0.25) is 9.59 Å². The summed E-state index contributed by atoms with van der Waals surface area (Å²) in [5, 5.41) is 5.87. The topological polar surface area (TPSA) is 80.8 Å². The molecule has 180 valence electrons. The van der Waals surface area contributed by atoms with Crippen molar-refractivity contribution in [3.8, 4) is 22.8 Å². The first-order valence-corrected chi connectivity index (χ1v) is 11.9. The number of methoxy groups -OCH3 is 2. The average Bonchev–Trinajstić information content (AvgIpc) is 3.31. The number of rotatable bonds is 8. The lowest BCUT2D eigenvalue weighted by atomic mass is 10.0. The van der Waals surface area contributed by atoms with E-state index >= 15 is 0 Å². The van der Waals surface area contributed by atoms with Gasteiger partial charge in [-0.25, -0.2) is 4.98 Å². The third kappa shape index (κ3) is 4.83. The zero-order valence-electron chi connectivity index (χ0n) is 20.3. The van der Waals surface area contributed by atoms with Crippen LogP contribution in [0.1, 0.15) is 26.4 Å². The van der Waals surface area contributed by atoms with Crippen molar-refractivity contribution in [1.82, 2.24) is 10.3 Å². The Morgan fingerprint density at radius 2 is 1.80 bits per heavy atom. The Labute approximate surface area is 208 Å². The number of aromatic nitrogens is 1. The van der Waals surface area contributed by atoms with Crippen LogP contribution in [0.25, 0.3) is 21.3 Å². The highest BCUT2D eigenvalue weighted by molar-refractivity contribution is 7.18. The van der Waals surface area contributed by atoms with E-state index in [0.29, 0.717) is 22.8 Å². The largest absolute Gasteiger partial charge is 0.493 e. The third-order valence-electron chi connectivity index (χ3n) is 5.75. The van der Waals surface area contributed by atoms with E-state index in [4.69, 9.17) is 14.5 Å². The molecule has 1 amide bonds. The molecule has 2 heterocycles. The van der Waals surface area contributed by atoms with Crippen molar-refractivity contribution in [1.29, 1.82) is 0 Å². The molecule has 0 saturated carbocycles. The van der Waals surface area contributed by atoms with Crippen LogP contribution >= 0.6 is 11.3 Å². The van der Waals surface area contributed by atoms with Crippen LogP contribution in [0.3, 0.4) is 0 Å². The van der Waals surface area contributed by atoms with Crippen LogP contribution in [0.15, 0.2) is 53.9 Å². The van der Waals surface area contributed by atoms with Gasteiger partial charge in [-0.05, 0) is 42.8 Å². The number of carbonyl (C=O) groups is 2. The first kappa shape index (κ1) is 24.2. The van der Waals surface area contributed by atoms with Crippen LogP contribution < -0.4 is 19.7 Å². The van der Waals surface area contributed by atoms with Crippen molar-refractivity contribution in [2.24, 2.45) is 0 Å². The van der Waals surface area contributed by atoms with Gasteiger partial charge in [0, 0.05) is 40.7 Å². The van der Waals surface area contributed by atoms with E-state index in [1.165, 1.54) is 24.5 Å². The minimum absolute atomic E-state index is 0.176. The van der Waals surface area contributed by atoms with Crippen molar-refractivity contribution in [2.45, 2.75) is 6.92 Å². The zero-order valence-corrected chi connectivity index (χ0v) is 21.2. The molecule has 4 rings (SSSR count). The smallest absolute Gasteiger partial charge is 0.251 e. The molecule has 0 saturated heterocycles. The first-order chi connectivity index (χ1) is 16.8. The summed E-state index contributed by atoms with van der Waals surface area (Å²) in [7, 11) is 6.93. The highest BCUT2D eigenvalue weighted by Crippen LogP contribution is 2.38. The van der Waals surface area contributed by atoms with E-state index in [2.05, 4.69) is 29.8 Å². The predicted octanol–water partition coefficient (Wildman–Crippen LogP) is 4.97. The van der Waals surface area contributed by atoms with Crippen molar-refractivity contribution in [2.75, 3.05) is 39.8 Å². The van der Waals surface area contributed by atoms with Gasteiger partial charge in [0.05, 0.1) is 32.1 Å². The highest BCUT2D eigenvalue weighted by Gasteiger charge is 2.19. The van der Waals surface area contributed by atoms with E-state index in [9.17, 15) is 9.59 Å². The summed E-state index contributed by atoms with van der Waals surface area (Å²) in [6, 6.07) is 14.6. The maximum atomic E-state index is 13.0. The van der Waals surface area contributed by atoms with Crippen molar-refractivity contribution >= 4 is 38.8 Å². The molecule has 8 heteroatoms. The molecular formula is C27H27N3O4S. The van der Waals surface area contributed by atoms with Gasteiger partial charge in [0.25, 0.3) is 5.91 Å². The van der Waals surface area contributed by atoms with Gasteiger partial charge >= 0.3 is 0 Å². The Hall–Kier alpha value is -3.91. The maximum absolute atomic E-state index is 13.0. The number of nitrogens with zero attached hydrogens (tertiary/aromatic N) is 2. The van der Waals surface area contributed by atoms with Gasteiger partial charge in [-0.2, -0.15) is 0 Å². The number of anilines is 1. The van der Waals surface area contributed by atoms with Gasteiger partial charge < -0.3 is 19.7 Å². The Balaban J connectivity index is 1.59. The number of benzene rings is 2. The van der Waals surface area contributed by atoms with Crippen LogP contribution in [0.4, 0.5) is 5.69 Å². The molecule has 7 nitrogen and oxygen atoms in total. The summed E-state index contributed by atoms with van der Waals surface area (Å²) in [4.78, 5) is 32.4. The second-order valence-electron chi connectivity index (χ2n) is 8.24. The predicted molar refractivity (Wildman–Crippen MR) is 140 cm³/mol. The Kier molecular flexibility index (Phi) is 7.02. The summed E-state index contributed by atoms with van der Waals surface area (Å²) < 4.78 is 11.7. The molecular weight excluding hydrogens is 462 g/mol. The molecule has 0 aliphatic rings. The lowest BCUT2D eigenvalue weighted by molar-refractivity contribution is 0.0902. The summed E-state index contributed by atoms with van der Waals surface area (Å²) >= 11 is 1.67. The van der Waals surface area contributed by atoms with E-state index in [0.717, 1.165) is 22.3 Å². The van der Waals surface area contributed by atoms with Crippen molar-refractivity contribution < 1.29 is 19.1 Å². The molecule has 0 fully saturated rings. The molecule has 2 aromatic carbocycles. The van der Waals surface area contributed by atoms with E-state index in [1.54, 1.807) is 35.6 Å². The molecule has 0 aliphatic heterocycles. The van der Waals surface area contributed by atoms with Crippen molar-refractivity contribution in [3.05, 3.63) is 70.7 Å². The summed E-state index contributed by atoms with van der Waals surface area (Å²) in [5.41, 5.74) is 4.51. The fraction of sp³-hybridized carbons (Fsp3) is 0.222. The molecule has 0 atom stereocenters. The molecule has 35 heavy (non-hydrogen) atoms. The van der Waals surface area contributed by atoms with Crippen molar-refractivity contribution in [3.63, 3.8) is 0 Å². The third-order valence-corrected chi connectivity index (χ3v) is 6.88. The van der Waals surface area contributed by atoms with Crippen LogP contribution in [0.2, 0.25) is 0 Å². The van der Waals surface area contributed by atoms with Crippen LogP contribution in [-0.4, -0.2) is 51.5 Å². The fourth-order valence-corrected chi connectivity index (χ4v) is 4.92. The van der Waals surface area contributed by atoms with Gasteiger partial charge in [-0.1, -0.05) is 18.2 Å². The van der Waals surface area contributed by atoms with Gasteiger partial charge in [0.15, 0.2) is 17.3 Å². The molecule has 0 bridgehead atoms. The number of ketones is 1. The standard InChI is InChI=1S/C27H27N3O4S/c1-16-7-6-8-18-19(15-35-26(16)18)25-21(30(2)3)11-10-20(29-25)22(31)14-28-27(32)17-9-12-23(33-4)24(13-17)34-5/h6-13,15H,14H2,1-5H3,(H,28,32). The molecule has 4 aromatic rings. The number of aryl methyl sites for hydroxylation is 1. The summed E-state index contributed by atoms with van der Waals surface area (Å²) in [5.74, 6) is 0.300. The Morgan fingerprint density at radius 1 is 1.03 bits per heavy atom. The minimum Gasteiger partial charge on any atom is -0.493 e. The lowest BCUT2D eigenvalue weighted by Gasteiger charge is -2.17. The number of Topliss-reactive ketones (excluding diaryl/α,β-unsaturated/α-hetero) is 1.